The van der Waals surface area contributed by atoms with Crippen LogP contribution in [-0.4, -0.2) is 61.4 Å². The number of anilines is 3. The van der Waals surface area contributed by atoms with Gasteiger partial charge in [0.2, 0.25) is 11.9 Å². The van der Waals surface area contributed by atoms with E-state index in [1.54, 1.807) is 12.3 Å². The van der Waals surface area contributed by atoms with E-state index in [-0.39, 0.29) is 17.0 Å². The summed E-state index contributed by atoms with van der Waals surface area (Å²) in [6.07, 6.45) is 6.60. The largest absolute Gasteiger partial charge is 0.351 e. The predicted molar refractivity (Wildman–Crippen MR) is 133 cm³/mol. The maximum Gasteiger partial charge on any atom is 0.225 e. The molecule has 0 bridgehead atoms. The van der Waals surface area contributed by atoms with Crippen LogP contribution in [0, 0.1) is 11.7 Å². The number of hydrogen-bond acceptors (Lipinski definition) is 8. The summed E-state index contributed by atoms with van der Waals surface area (Å²) in [5.74, 6) is 2.99. The van der Waals surface area contributed by atoms with Crippen molar-refractivity contribution in [2.24, 2.45) is 5.92 Å². The van der Waals surface area contributed by atoms with Gasteiger partial charge in [0.25, 0.3) is 0 Å². The average Bonchev–Trinajstić information content (AvgIpc) is 2.87. The summed E-state index contributed by atoms with van der Waals surface area (Å²) >= 11 is 7.81. The zero-order valence-corrected chi connectivity index (χ0v) is 20.1. The minimum atomic E-state index is -0.486. The van der Waals surface area contributed by atoms with E-state index in [9.17, 15) is 9.18 Å². The Kier molecular flexibility index (Phi) is 6.96. The van der Waals surface area contributed by atoms with Gasteiger partial charge < -0.3 is 15.5 Å². The van der Waals surface area contributed by atoms with Gasteiger partial charge in [0.1, 0.15) is 23.2 Å². The molecule has 0 atom stereocenters. The van der Waals surface area contributed by atoms with E-state index in [1.165, 1.54) is 18.5 Å². The van der Waals surface area contributed by atoms with Gasteiger partial charge in [-0.05, 0) is 43.9 Å². The standard InChI is InChI=1S/C23H25ClFN7OS/c24-17-11-16(5-6-18(17)25)29-21-20-19(27-13-28-21)12-26-23(31-20)30-15-3-1-14(2-4-15)22(33)32-7-9-34-10-8-32/h5-6,11-15H,1-4,7-10H2,(H,26,30,31)(H,27,28,29). The first-order chi connectivity index (χ1) is 16.6. The van der Waals surface area contributed by atoms with E-state index in [0.29, 0.717) is 34.4 Å². The Hall–Kier alpha value is -2.72. The third kappa shape index (κ3) is 5.17. The number of fused-ring (bicyclic) bond motifs is 1. The van der Waals surface area contributed by atoms with E-state index < -0.39 is 5.82 Å². The number of carbonyl (C=O) groups excluding carboxylic acids is 1. The Morgan fingerprint density at radius 2 is 1.91 bits per heavy atom. The lowest BCUT2D eigenvalue weighted by molar-refractivity contribution is -0.136. The van der Waals surface area contributed by atoms with Gasteiger partial charge in [-0.2, -0.15) is 11.8 Å². The van der Waals surface area contributed by atoms with E-state index in [4.69, 9.17) is 11.6 Å². The summed E-state index contributed by atoms with van der Waals surface area (Å²) in [5, 5.41) is 6.57. The van der Waals surface area contributed by atoms with E-state index in [1.807, 2.05) is 16.7 Å². The molecule has 1 aliphatic heterocycles. The molecule has 2 aliphatic rings. The van der Waals surface area contributed by atoms with Crippen molar-refractivity contribution >= 4 is 57.8 Å². The molecule has 3 aromatic rings. The van der Waals surface area contributed by atoms with Gasteiger partial charge in [-0.3, -0.25) is 4.79 Å². The molecule has 5 rings (SSSR count). The van der Waals surface area contributed by atoms with Crippen LogP contribution in [0.3, 0.4) is 0 Å². The van der Waals surface area contributed by atoms with Gasteiger partial charge in [-0.1, -0.05) is 11.6 Å². The molecule has 0 spiro atoms. The van der Waals surface area contributed by atoms with Crippen LogP contribution in [0.15, 0.2) is 30.7 Å². The molecule has 0 radical (unpaired) electrons. The predicted octanol–water partition coefficient (Wildman–Crippen LogP) is 4.50. The van der Waals surface area contributed by atoms with E-state index >= 15 is 0 Å². The lowest BCUT2D eigenvalue weighted by Crippen LogP contribution is -2.43. The number of halogens is 2. The van der Waals surface area contributed by atoms with Crippen LogP contribution in [0.4, 0.5) is 21.8 Å². The highest BCUT2D eigenvalue weighted by molar-refractivity contribution is 7.99. The van der Waals surface area contributed by atoms with Gasteiger partial charge in [0.15, 0.2) is 5.82 Å². The SMILES string of the molecule is O=C(C1CCC(Nc2ncc3ncnc(Nc4ccc(F)c(Cl)c4)c3n2)CC1)N1CCSCC1. The van der Waals surface area contributed by atoms with Crippen molar-refractivity contribution < 1.29 is 9.18 Å². The second-order valence-corrected chi connectivity index (χ2v) is 10.2. The molecular weight excluding hydrogens is 477 g/mol. The van der Waals surface area contributed by atoms with Crippen LogP contribution in [0.1, 0.15) is 25.7 Å². The minimum absolute atomic E-state index is 0.0219. The lowest BCUT2D eigenvalue weighted by Gasteiger charge is -2.34. The molecule has 34 heavy (non-hydrogen) atoms. The monoisotopic (exact) mass is 501 g/mol. The molecule has 3 heterocycles. The molecule has 1 aromatic carbocycles. The van der Waals surface area contributed by atoms with Crippen molar-refractivity contribution in [1.82, 2.24) is 24.8 Å². The van der Waals surface area contributed by atoms with Gasteiger partial charge in [-0.15, -0.1) is 0 Å². The van der Waals surface area contributed by atoms with E-state index in [0.717, 1.165) is 50.3 Å². The number of rotatable bonds is 5. The normalized spacial score (nSPS) is 20.8. The summed E-state index contributed by atoms with van der Waals surface area (Å²) in [7, 11) is 0. The molecule has 2 aromatic heterocycles. The number of aromatic nitrogens is 4. The Bertz CT molecular complexity index is 1190. The molecular formula is C23H25ClFN7OS. The first-order valence-corrected chi connectivity index (χ1v) is 12.9. The third-order valence-electron chi connectivity index (χ3n) is 6.29. The molecule has 0 unspecified atom stereocenters. The highest BCUT2D eigenvalue weighted by Crippen LogP contribution is 2.29. The van der Waals surface area contributed by atoms with Crippen molar-refractivity contribution in [3.05, 3.63) is 41.6 Å². The topological polar surface area (TPSA) is 95.9 Å². The first-order valence-electron chi connectivity index (χ1n) is 11.4. The Balaban J connectivity index is 1.25. The molecule has 1 aliphatic carbocycles. The molecule has 1 amide bonds. The number of nitrogens with one attached hydrogen (secondary N) is 2. The zero-order valence-electron chi connectivity index (χ0n) is 18.5. The fourth-order valence-electron chi connectivity index (χ4n) is 4.43. The van der Waals surface area contributed by atoms with Crippen LogP contribution in [0.25, 0.3) is 11.0 Å². The Morgan fingerprint density at radius 3 is 2.68 bits per heavy atom. The summed E-state index contributed by atoms with van der Waals surface area (Å²) < 4.78 is 13.5. The van der Waals surface area contributed by atoms with Crippen molar-refractivity contribution in [1.29, 1.82) is 0 Å². The molecule has 1 saturated carbocycles. The summed E-state index contributed by atoms with van der Waals surface area (Å²) in [4.78, 5) is 32.4. The molecule has 8 nitrogen and oxygen atoms in total. The molecule has 11 heteroatoms. The number of benzene rings is 1. The van der Waals surface area contributed by atoms with Crippen molar-refractivity contribution in [2.45, 2.75) is 31.7 Å². The zero-order chi connectivity index (χ0) is 23.5. The lowest BCUT2D eigenvalue weighted by atomic mass is 9.85. The smallest absolute Gasteiger partial charge is 0.225 e. The fourth-order valence-corrected chi connectivity index (χ4v) is 5.52. The number of nitrogens with zero attached hydrogens (tertiary/aromatic N) is 5. The highest BCUT2D eigenvalue weighted by atomic mass is 35.5. The quantitative estimate of drug-likeness (QED) is 0.527. The van der Waals surface area contributed by atoms with Crippen LogP contribution >= 0.6 is 23.4 Å². The van der Waals surface area contributed by atoms with E-state index in [2.05, 4.69) is 30.6 Å². The van der Waals surface area contributed by atoms with Crippen LogP contribution in [0.2, 0.25) is 5.02 Å². The second-order valence-electron chi connectivity index (χ2n) is 8.53. The van der Waals surface area contributed by atoms with Crippen LogP contribution in [-0.2, 0) is 4.79 Å². The van der Waals surface area contributed by atoms with Crippen molar-refractivity contribution in [3.8, 4) is 0 Å². The van der Waals surface area contributed by atoms with Gasteiger partial charge in [-0.25, -0.2) is 24.3 Å². The molecule has 2 N–H and O–H groups in total. The third-order valence-corrected chi connectivity index (χ3v) is 7.52. The minimum Gasteiger partial charge on any atom is -0.351 e. The highest BCUT2D eigenvalue weighted by Gasteiger charge is 2.30. The van der Waals surface area contributed by atoms with Gasteiger partial charge in [0.05, 0.1) is 11.2 Å². The summed E-state index contributed by atoms with van der Waals surface area (Å²) in [6.45, 7) is 1.74. The average molecular weight is 502 g/mol. The van der Waals surface area contributed by atoms with Gasteiger partial charge >= 0.3 is 0 Å². The van der Waals surface area contributed by atoms with Crippen LogP contribution < -0.4 is 10.6 Å². The fraction of sp³-hybridized carbons (Fsp3) is 0.435. The summed E-state index contributed by atoms with van der Waals surface area (Å²) in [6, 6.07) is 4.57. The van der Waals surface area contributed by atoms with Gasteiger partial charge in [0, 0.05) is 42.2 Å². The van der Waals surface area contributed by atoms with Crippen molar-refractivity contribution in [3.63, 3.8) is 0 Å². The maximum absolute atomic E-state index is 13.5. The molecule has 1 saturated heterocycles. The molecule has 178 valence electrons. The van der Waals surface area contributed by atoms with Crippen LogP contribution in [0.5, 0.6) is 0 Å². The van der Waals surface area contributed by atoms with Crippen molar-refractivity contribution in [2.75, 3.05) is 35.2 Å². The summed E-state index contributed by atoms with van der Waals surface area (Å²) in [5.41, 5.74) is 1.73. The number of carbonyl (C=O) groups is 1. The number of thioether (sulfide) groups is 1. The maximum atomic E-state index is 13.5. The Morgan fingerprint density at radius 1 is 1.12 bits per heavy atom. The second kappa shape index (κ2) is 10.3. The number of amides is 1. The number of hydrogen-bond donors (Lipinski definition) is 2. The Labute approximate surface area is 206 Å². The molecule has 2 fully saturated rings. The first kappa shape index (κ1) is 23.0.